The average molecular weight is 164 g/mol. The van der Waals surface area contributed by atoms with E-state index in [1.807, 2.05) is 0 Å². The predicted molar refractivity (Wildman–Crippen MR) is 42.4 cm³/mol. The zero-order valence-corrected chi connectivity index (χ0v) is 6.95. The standard InChI is InChI=1S/C10H12O2/c11-9-6-1-5-2-7(4-6)10(12)8(9)3-5/h5-8H,1-4H2/t5?,6-,7-,8?/m0/s1. The molecule has 0 aromatic rings. The summed E-state index contributed by atoms with van der Waals surface area (Å²) < 4.78 is 0. The Labute approximate surface area is 71.3 Å². The summed E-state index contributed by atoms with van der Waals surface area (Å²) in [6.45, 7) is 0. The van der Waals surface area contributed by atoms with Crippen molar-refractivity contribution in [2.75, 3.05) is 0 Å². The van der Waals surface area contributed by atoms with Crippen LogP contribution in [0, 0.1) is 23.7 Å². The van der Waals surface area contributed by atoms with Gasteiger partial charge in [-0.25, -0.2) is 0 Å². The molecule has 64 valence electrons. The molecule has 4 aliphatic rings. The van der Waals surface area contributed by atoms with Crippen LogP contribution in [0.5, 0.6) is 0 Å². The van der Waals surface area contributed by atoms with Gasteiger partial charge in [0.15, 0.2) is 0 Å². The van der Waals surface area contributed by atoms with Crippen LogP contribution < -0.4 is 0 Å². The van der Waals surface area contributed by atoms with Gasteiger partial charge in [-0.2, -0.15) is 0 Å². The molecule has 2 nitrogen and oxygen atoms in total. The van der Waals surface area contributed by atoms with Crippen LogP contribution in [-0.2, 0) is 9.59 Å². The smallest absolute Gasteiger partial charge is 0.146 e. The minimum atomic E-state index is -0.166. The second-order valence-electron chi connectivity index (χ2n) is 4.56. The molecule has 0 aliphatic heterocycles. The molecule has 0 amide bonds. The molecule has 0 aromatic heterocycles. The number of ketones is 2. The zero-order valence-electron chi connectivity index (χ0n) is 6.95. The van der Waals surface area contributed by atoms with Crippen LogP contribution >= 0.6 is 0 Å². The van der Waals surface area contributed by atoms with Crippen LogP contribution in [0.15, 0.2) is 0 Å². The van der Waals surface area contributed by atoms with E-state index in [2.05, 4.69) is 0 Å². The molecular formula is C10H12O2. The van der Waals surface area contributed by atoms with Crippen LogP contribution in [0.4, 0.5) is 0 Å². The molecule has 0 spiro atoms. The van der Waals surface area contributed by atoms with Crippen molar-refractivity contribution in [3.63, 3.8) is 0 Å². The van der Waals surface area contributed by atoms with E-state index in [-0.39, 0.29) is 29.3 Å². The Morgan fingerprint density at radius 2 is 1.42 bits per heavy atom. The molecule has 0 saturated heterocycles. The van der Waals surface area contributed by atoms with Gasteiger partial charge in [0.1, 0.15) is 11.6 Å². The first-order valence-corrected chi connectivity index (χ1v) is 4.83. The molecule has 0 unspecified atom stereocenters. The Morgan fingerprint density at radius 1 is 0.833 bits per heavy atom. The van der Waals surface area contributed by atoms with Crippen LogP contribution in [-0.4, -0.2) is 11.6 Å². The third-order valence-corrected chi connectivity index (χ3v) is 3.87. The molecule has 4 bridgehead atoms. The average Bonchev–Trinajstić information content (AvgIpc) is 2.07. The largest absolute Gasteiger partial charge is 0.299 e. The van der Waals surface area contributed by atoms with E-state index < -0.39 is 0 Å². The van der Waals surface area contributed by atoms with E-state index in [4.69, 9.17) is 0 Å². The van der Waals surface area contributed by atoms with Crippen molar-refractivity contribution >= 4 is 11.6 Å². The highest BCUT2D eigenvalue weighted by atomic mass is 16.2. The molecule has 0 radical (unpaired) electrons. The second-order valence-corrected chi connectivity index (χ2v) is 4.56. The Kier molecular flexibility index (Phi) is 1.12. The molecule has 12 heavy (non-hydrogen) atoms. The van der Waals surface area contributed by atoms with Crippen molar-refractivity contribution in [2.24, 2.45) is 23.7 Å². The first-order chi connectivity index (χ1) is 5.75. The highest BCUT2D eigenvalue weighted by Crippen LogP contribution is 2.49. The van der Waals surface area contributed by atoms with Crippen molar-refractivity contribution in [2.45, 2.75) is 25.7 Å². The summed E-state index contributed by atoms with van der Waals surface area (Å²) in [6.07, 6.45) is 3.92. The SMILES string of the molecule is O=C1C2CC3C[C@H]1C[C@H](C3)C2=O. The maximum atomic E-state index is 11.6. The molecule has 0 heterocycles. The van der Waals surface area contributed by atoms with Crippen LogP contribution in [0.3, 0.4) is 0 Å². The van der Waals surface area contributed by atoms with Gasteiger partial charge >= 0.3 is 0 Å². The van der Waals surface area contributed by atoms with E-state index in [1.165, 1.54) is 0 Å². The van der Waals surface area contributed by atoms with Crippen LogP contribution in [0.25, 0.3) is 0 Å². The number of hydrogen-bond donors (Lipinski definition) is 0. The summed E-state index contributed by atoms with van der Waals surface area (Å²) in [6, 6.07) is 0. The first-order valence-electron chi connectivity index (χ1n) is 4.83. The summed E-state index contributed by atoms with van der Waals surface area (Å²) in [7, 11) is 0. The third-order valence-electron chi connectivity index (χ3n) is 3.87. The lowest BCUT2D eigenvalue weighted by Gasteiger charge is -2.47. The van der Waals surface area contributed by atoms with Crippen molar-refractivity contribution < 1.29 is 9.59 Å². The number of Topliss-reactive ketones (excluding diaryl/α,β-unsaturated/α-hetero) is 2. The van der Waals surface area contributed by atoms with Crippen LogP contribution in [0.2, 0.25) is 0 Å². The third kappa shape index (κ3) is 0.661. The lowest BCUT2D eigenvalue weighted by Crippen LogP contribution is -2.51. The van der Waals surface area contributed by atoms with Gasteiger partial charge in [-0.05, 0) is 31.6 Å². The van der Waals surface area contributed by atoms with E-state index in [0.717, 1.165) is 25.7 Å². The maximum Gasteiger partial charge on any atom is 0.146 e. The van der Waals surface area contributed by atoms with E-state index in [0.29, 0.717) is 5.92 Å². The quantitative estimate of drug-likeness (QED) is 0.504. The Hall–Kier alpha value is -0.660. The minimum Gasteiger partial charge on any atom is -0.299 e. The zero-order chi connectivity index (χ0) is 8.29. The lowest BCUT2D eigenvalue weighted by molar-refractivity contribution is -0.152. The maximum absolute atomic E-state index is 11.6. The summed E-state index contributed by atoms with van der Waals surface area (Å²) in [5.41, 5.74) is 0. The molecular weight excluding hydrogens is 152 g/mol. The fraction of sp³-hybridized carbons (Fsp3) is 0.800. The highest BCUT2D eigenvalue weighted by molar-refractivity contribution is 6.07. The van der Waals surface area contributed by atoms with Gasteiger partial charge in [-0.1, -0.05) is 0 Å². The minimum absolute atomic E-state index is 0.166. The molecule has 4 rings (SSSR count). The van der Waals surface area contributed by atoms with Crippen molar-refractivity contribution in [1.29, 1.82) is 0 Å². The summed E-state index contributed by atoms with van der Waals surface area (Å²) in [5.74, 6) is 1.62. The van der Waals surface area contributed by atoms with Crippen molar-refractivity contribution in [3.05, 3.63) is 0 Å². The van der Waals surface area contributed by atoms with Gasteiger partial charge in [0.25, 0.3) is 0 Å². The van der Waals surface area contributed by atoms with Gasteiger partial charge in [-0.3, -0.25) is 9.59 Å². The molecule has 2 atom stereocenters. The van der Waals surface area contributed by atoms with E-state index in [9.17, 15) is 9.59 Å². The van der Waals surface area contributed by atoms with Crippen molar-refractivity contribution in [3.8, 4) is 0 Å². The number of carbonyl (C=O) groups is 2. The summed E-state index contributed by atoms with van der Waals surface area (Å²) >= 11 is 0. The van der Waals surface area contributed by atoms with E-state index >= 15 is 0 Å². The Bertz CT molecular complexity index is 245. The van der Waals surface area contributed by atoms with Gasteiger partial charge < -0.3 is 0 Å². The monoisotopic (exact) mass is 164 g/mol. The van der Waals surface area contributed by atoms with E-state index in [1.54, 1.807) is 0 Å². The number of carbonyl (C=O) groups excluding carboxylic acids is 2. The fourth-order valence-corrected chi connectivity index (χ4v) is 3.37. The van der Waals surface area contributed by atoms with Crippen LogP contribution in [0.1, 0.15) is 25.7 Å². The second kappa shape index (κ2) is 1.98. The Morgan fingerprint density at radius 3 is 2.00 bits per heavy atom. The first kappa shape index (κ1) is 6.81. The lowest BCUT2D eigenvalue weighted by atomic mass is 9.55. The van der Waals surface area contributed by atoms with Crippen molar-refractivity contribution in [1.82, 2.24) is 0 Å². The van der Waals surface area contributed by atoms with Gasteiger partial charge in [0.05, 0.1) is 5.92 Å². The van der Waals surface area contributed by atoms with Gasteiger partial charge in [-0.15, -0.1) is 0 Å². The normalized spacial score (nSPS) is 50.3. The highest BCUT2D eigenvalue weighted by Gasteiger charge is 2.52. The fourth-order valence-electron chi connectivity index (χ4n) is 3.37. The molecule has 4 saturated carbocycles. The summed E-state index contributed by atoms with van der Waals surface area (Å²) in [5, 5.41) is 0. The topological polar surface area (TPSA) is 34.1 Å². The molecule has 2 heteroatoms. The molecule has 0 N–H and O–H groups in total. The van der Waals surface area contributed by atoms with Gasteiger partial charge in [0.2, 0.25) is 0 Å². The summed E-state index contributed by atoms with van der Waals surface area (Å²) in [4.78, 5) is 23.1. The Balaban J connectivity index is 2.03. The molecule has 0 aromatic carbocycles. The predicted octanol–water partition coefficient (Wildman–Crippen LogP) is 1.19. The molecule has 4 fully saturated rings. The number of rotatable bonds is 0. The molecule has 4 aliphatic carbocycles. The number of hydrogen-bond acceptors (Lipinski definition) is 2. The van der Waals surface area contributed by atoms with Gasteiger partial charge in [0, 0.05) is 11.8 Å².